The molecule has 0 bridgehead atoms. The molecule has 9 heteroatoms. The van der Waals surface area contributed by atoms with Crippen molar-refractivity contribution in [2.45, 2.75) is 39.8 Å². The highest BCUT2D eigenvalue weighted by Crippen LogP contribution is 2.36. The molecule has 1 fully saturated rings. The van der Waals surface area contributed by atoms with Crippen LogP contribution in [-0.4, -0.2) is 55.9 Å². The number of hydrogen-bond donors (Lipinski definition) is 1. The van der Waals surface area contributed by atoms with E-state index in [9.17, 15) is 29.6 Å². The number of non-ortho nitro benzene ring substituents is 1. The predicted octanol–water partition coefficient (Wildman–Crippen LogP) is 2.39. The van der Waals surface area contributed by atoms with Crippen molar-refractivity contribution in [2.75, 3.05) is 13.1 Å². The Bertz CT molecular complexity index is 787. The van der Waals surface area contributed by atoms with Crippen molar-refractivity contribution in [2.24, 2.45) is 5.92 Å². The van der Waals surface area contributed by atoms with Gasteiger partial charge in [-0.3, -0.25) is 15.0 Å². The van der Waals surface area contributed by atoms with Crippen LogP contribution >= 0.6 is 0 Å². The molecule has 0 saturated carbocycles. The fourth-order valence-electron chi connectivity index (χ4n) is 3.59. The summed E-state index contributed by atoms with van der Waals surface area (Å²) in [5.74, 6) is -1.73. The Morgan fingerprint density at radius 2 is 1.81 bits per heavy atom. The zero-order chi connectivity index (χ0) is 20.6. The number of carbonyl (C=O) groups excluding carboxylic acids is 2. The quantitative estimate of drug-likeness (QED) is 0.337. The highest BCUT2D eigenvalue weighted by molar-refractivity contribution is 5.98. The van der Waals surface area contributed by atoms with E-state index < -0.39 is 39.4 Å². The third-order valence-corrected chi connectivity index (χ3v) is 4.75. The number of benzene rings is 1. The average molecular weight is 378 g/mol. The molecule has 1 saturated heterocycles. The summed E-state index contributed by atoms with van der Waals surface area (Å²) < 4.78 is -0.757. The molecule has 1 unspecified atom stereocenters. The van der Waals surface area contributed by atoms with Gasteiger partial charge in [-0.25, -0.2) is 14.4 Å². The third-order valence-electron chi connectivity index (χ3n) is 4.75. The number of amides is 3. The molecule has 146 valence electrons. The van der Waals surface area contributed by atoms with Crippen LogP contribution in [0.2, 0.25) is 0 Å². The minimum atomic E-state index is -1.22. The molecule has 1 atom stereocenters. The van der Waals surface area contributed by atoms with Gasteiger partial charge in [-0.1, -0.05) is 26.0 Å². The van der Waals surface area contributed by atoms with Gasteiger partial charge in [0.25, 0.3) is 5.69 Å². The number of rotatable bonds is 7. The summed E-state index contributed by atoms with van der Waals surface area (Å²) in [6.45, 7) is 6.41. The first-order valence-electron chi connectivity index (χ1n) is 8.61. The molecule has 1 aromatic rings. The van der Waals surface area contributed by atoms with Crippen LogP contribution in [0.3, 0.4) is 0 Å². The summed E-state index contributed by atoms with van der Waals surface area (Å²) in [6.07, 6.45) is 0. The molecule has 3 amide bonds. The van der Waals surface area contributed by atoms with E-state index in [-0.39, 0.29) is 24.7 Å². The van der Waals surface area contributed by atoms with E-state index in [1.54, 1.807) is 13.8 Å². The minimum Gasteiger partial charge on any atom is -0.477 e. The van der Waals surface area contributed by atoms with Gasteiger partial charge in [0.15, 0.2) is 12.1 Å². The number of nitrogens with zero attached hydrogens (tertiary/aromatic N) is 3. The molecule has 27 heavy (non-hydrogen) atoms. The molecule has 0 aromatic heterocycles. The van der Waals surface area contributed by atoms with Crippen molar-refractivity contribution >= 4 is 23.6 Å². The average Bonchev–Trinajstić information content (AvgIpc) is 2.68. The Hall–Kier alpha value is -2.81. The van der Waals surface area contributed by atoms with Gasteiger partial charge in [-0.15, -0.1) is 0 Å². The van der Waals surface area contributed by atoms with Gasteiger partial charge >= 0.3 is 17.9 Å². The largest absolute Gasteiger partial charge is 0.477 e. The van der Waals surface area contributed by atoms with Gasteiger partial charge in [0, 0.05) is 18.1 Å². The molecule has 2 rings (SSSR count). The fraction of sp³-hybridized carbons (Fsp3) is 0.500. The molecule has 0 aliphatic carbocycles. The summed E-state index contributed by atoms with van der Waals surface area (Å²) in [5, 5.41) is 20.1. The topological polar surface area (TPSA) is 118 Å². The lowest BCUT2D eigenvalue weighted by Crippen LogP contribution is -2.58. The molecule has 1 N–H and O–H groups in total. The van der Waals surface area contributed by atoms with Gasteiger partial charge in [0.05, 0.1) is 18.0 Å². The smallest absolute Gasteiger partial charge is 0.428 e. The number of carboxylic acids is 1. The Labute approximate surface area is 156 Å². The van der Waals surface area contributed by atoms with Crippen LogP contribution in [0.1, 0.15) is 33.3 Å². The molecule has 1 aliphatic rings. The van der Waals surface area contributed by atoms with Crippen LogP contribution in [0.15, 0.2) is 24.3 Å². The zero-order valence-electron chi connectivity index (χ0n) is 15.8. The first-order valence-corrected chi connectivity index (χ1v) is 8.61. The summed E-state index contributed by atoms with van der Waals surface area (Å²) in [6, 6.07) is 5.16. The molecular weight excluding hydrogens is 354 g/mol. The highest BCUT2D eigenvalue weighted by atomic mass is 16.6. The number of nitro groups is 1. The van der Waals surface area contributed by atoms with Gasteiger partial charge in [0.2, 0.25) is 0 Å². The molecule has 1 heterocycles. The first kappa shape index (κ1) is 20.5. The van der Waals surface area contributed by atoms with Crippen LogP contribution in [0.5, 0.6) is 0 Å². The molecule has 0 radical (unpaired) electrons. The number of carbonyl (C=O) groups is 3. The standard InChI is InChI=1S/C18H23N3O6/c1-12(2)10-21(11-15(22)23)16(24)18(3,4)19(17(21)25)9-13-5-7-14(8-6-13)20(26)27/h5-8,12H,9-11H2,1-4H3/p+1. The zero-order valence-corrected chi connectivity index (χ0v) is 15.8. The summed E-state index contributed by atoms with van der Waals surface area (Å²) >= 11 is 0. The van der Waals surface area contributed by atoms with Gasteiger partial charge < -0.3 is 5.11 Å². The summed E-state index contributed by atoms with van der Waals surface area (Å²) in [5.41, 5.74) is -0.643. The van der Waals surface area contributed by atoms with Crippen molar-refractivity contribution < 1.29 is 28.9 Å². The molecule has 1 aromatic carbocycles. The van der Waals surface area contributed by atoms with E-state index in [1.165, 1.54) is 29.2 Å². The van der Waals surface area contributed by atoms with Crippen LogP contribution in [0.25, 0.3) is 0 Å². The number of quaternary nitrogens is 1. The molecular formula is C18H24N3O6+. The molecule has 0 spiro atoms. The van der Waals surface area contributed by atoms with Crippen molar-refractivity contribution in [3.63, 3.8) is 0 Å². The van der Waals surface area contributed by atoms with E-state index >= 15 is 0 Å². The van der Waals surface area contributed by atoms with Gasteiger partial charge in [-0.05, 0) is 19.4 Å². The van der Waals surface area contributed by atoms with Gasteiger partial charge in [0.1, 0.15) is 0 Å². The van der Waals surface area contributed by atoms with Crippen LogP contribution in [0, 0.1) is 16.0 Å². The maximum Gasteiger partial charge on any atom is 0.428 e. The van der Waals surface area contributed by atoms with E-state index in [4.69, 9.17) is 0 Å². The van der Waals surface area contributed by atoms with Crippen molar-refractivity contribution in [1.82, 2.24) is 4.90 Å². The Kier molecular flexibility index (Phi) is 5.37. The number of hydrogen-bond acceptors (Lipinski definition) is 5. The number of aliphatic carboxylic acids is 1. The van der Waals surface area contributed by atoms with E-state index in [1.807, 2.05) is 13.8 Å². The summed E-state index contributed by atoms with van der Waals surface area (Å²) in [7, 11) is 0. The second kappa shape index (κ2) is 7.07. The second-order valence-corrected chi connectivity index (χ2v) is 7.75. The first-order chi connectivity index (χ1) is 12.4. The lowest BCUT2D eigenvalue weighted by atomic mass is 10.0. The molecule has 9 nitrogen and oxygen atoms in total. The van der Waals surface area contributed by atoms with E-state index in [0.717, 1.165) is 0 Å². The minimum absolute atomic E-state index is 0.0626. The highest BCUT2D eigenvalue weighted by Gasteiger charge is 2.65. The molecule has 1 aliphatic heterocycles. The number of nitro benzene ring substituents is 1. The van der Waals surface area contributed by atoms with Crippen molar-refractivity contribution in [3.8, 4) is 0 Å². The SMILES string of the molecule is CC(C)C[N+]1(CC(=O)O)C(=O)N(Cc2ccc([N+](=O)[O-])cc2)C(C)(C)C1=O. The van der Waals surface area contributed by atoms with E-state index in [2.05, 4.69) is 0 Å². The number of carboxylic acid groups (broad SMARTS) is 1. The van der Waals surface area contributed by atoms with E-state index in [0.29, 0.717) is 5.56 Å². The predicted molar refractivity (Wildman–Crippen MR) is 95.6 cm³/mol. The normalized spacial score (nSPS) is 21.7. The Morgan fingerprint density at radius 1 is 1.26 bits per heavy atom. The van der Waals surface area contributed by atoms with Crippen LogP contribution in [-0.2, 0) is 16.1 Å². The van der Waals surface area contributed by atoms with Crippen LogP contribution in [0.4, 0.5) is 10.5 Å². The second-order valence-electron chi connectivity index (χ2n) is 7.75. The maximum atomic E-state index is 13.2. The number of urea groups is 1. The van der Waals surface area contributed by atoms with Gasteiger partial charge in [-0.2, -0.15) is 4.48 Å². The lowest BCUT2D eigenvalue weighted by molar-refractivity contribution is -0.766. The number of imide groups is 1. The Morgan fingerprint density at radius 3 is 2.26 bits per heavy atom. The van der Waals surface area contributed by atoms with Crippen molar-refractivity contribution in [3.05, 3.63) is 39.9 Å². The summed E-state index contributed by atoms with van der Waals surface area (Å²) in [4.78, 5) is 49.4. The van der Waals surface area contributed by atoms with Crippen LogP contribution < -0.4 is 0 Å². The van der Waals surface area contributed by atoms with Crippen molar-refractivity contribution in [1.29, 1.82) is 0 Å². The lowest BCUT2D eigenvalue weighted by Gasteiger charge is -2.28. The Balaban J connectivity index is 2.41. The fourth-order valence-corrected chi connectivity index (χ4v) is 3.59. The maximum absolute atomic E-state index is 13.2. The third kappa shape index (κ3) is 3.68. The monoisotopic (exact) mass is 378 g/mol.